The Kier molecular flexibility index (Phi) is 4.92. The molecule has 2 rings (SSSR count). The van der Waals surface area contributed by atoms with Gasteiger partial charge in [-0.1, -0.05) is 24.4 Å². The Morgan fingerprint density at radius 3 is 2.42 bits per heavy atom. The molecule has 0 spiro atoms. The third-order valence-electron chi connectivity index (χ3n) is 3.26. The molecule has 0 unspecified atom stereocenters. The molecule has 0 saturated heterocycles. The van der Waals surface area contributed by atoms with E-state index in [-0.39, 0.29) is 17.4 Å². The van der Waals surface area contributed by atoms with Gasteiger partial charge in [0.1, 0.15) is 11.0 Å². The lowest BCUT2D eigenvalue weighted by Crippen LogP contribution is -2.12. The van der Waals surface area contributed by atoms with E-state index in [0.717, 1.165) is 34.9 Å². The minimum atomic E-state index is -4.19. The highest BCUT2D eigenvalue weighted by Crippen LogP contribution is 2.37. The number of rotatable bonds is 3. The number of hydrogen-bond donors (Lipinski definition) is 0. The van der Waals surface area contributed by atoms with Crippen molar-refractivity contribution in [1.29, 1.82) is 0 Å². The fourth-order valence-corrected chi connectivity index (χ4v) is 3.19. The van der Waals surface area contributed by atoms with Gasteiger partial charge in [-0.15, -0.1) is 0 Å². The SMILES string of the molecule is FC(F)(F)CCc1nc(Cl)c(I)c(C2CCCC2)n1. The largest absolute Gasteiger partial charge is 0.389 e. The smallest absolute Gasteiger partial charge is 0.236 e. The van der Waals surface area contributed by atoms with Gasteiger partial charge in [-0.25, -0.2) is 9.97 Å². The molecule has 0 aliphatic heterocycles. The molecule has 0 atom stereocenters. The molecule has 106 valence electrons. The van der Waals surface area contributed by atoms with Crippen LogP contribution in [0.25, 0.3) is 0 Å². The summed E-state index contributed by atoms with van der Waals surface area (Å²) < 4.78 is 37.5. The Hall–Kier alpha value is -0.110. The van der Waals surface area contributed by atoms with Crippen molar-refractivity contribution in [2.24, 2.45) is 0 Å². The number of aromatic nitrogens is 2. The minimum Gasteiger partial charge on any atom is -0.236 e. The summed E-state index contributed by atoms with van der Waals surface area (Å²) in [7, 11) is 0. The van der Waals surface area contributed by atoms with Crippen molar-refractivity contribution in [3.05, 3.63) is 20.2 Å². The first kappa shape index (κ1) is 15.3. The van der Waals surface area contributed by atoms with E-state index in [1.165, 1.54) is 0 Å². The fraction of sp³-hybridized carbons (Fsp3) is 0.667. The van der Waals surface area contributed by atoms with Crippen LogP contribution in [0.2, 0.25) is 5.15 Å². The van der Waals surface area contributed by atoms with Crippen LogP contribution in [0.5, 0.6) is 0 Å². The van der Waals surface area contributed by atoms with Crippen LogP contribution in [0.15, 0.2) is 0 Å². The molecule has 7 heteroatoms. The summed E-state index contributed by atoms with van der Waals surface area (Å²) in [6.45, 7) is 0. The molecule has 1 saturated carbocycles. The van der Waals surface area contributed by atoms with Gasteiger partial charge in [0.2, 0.25) is 0 Å². The van der Waals surface area contributed by atoms with Crippen LogP contribution in [-0.4, -0.2) is 16.1 Å². The molecule has 1 aliphatic carbocycles. The fourth-order valence-electron chi connectivity index (χ4n) is 2.32. The Labute approximate surface area is 128 Å². The zero-order valence-corrected chi connectivity index (χ0v) is 13.0. The number of alkyl halides is 3. The van der Waals surface area contributed by atoms with Crippen molar-refractivity contribution in [3.63, 3.8) is 0 Å². The zero-order chi connectivity index (χ0) is 14.0. The molecular weight excluding hydrogens is 391 g/mol. The van der Waals surface area contributed by atoms with Gasteiger partial charge in [0.15, 0.2) is 0 Å². The third-order valence-corrected chi connectivity index (χ3v) is 4.91. The van der Waals surface area contributed by atoms with Gasteiger partial charge in [0.25, 0.3) is 0 Å². The van der Waals surface area contributed by atoms with Crippen LogP contribution < -0.4 is 0 Å². The Bertz CT molecular complexity index is 459. The van der Waals surface area contributed by atoms with Crippen LogP contribution in [0.1, 0.15) is 49.5 Å². The normalized spacial score (nSPS) is 17.1. The van der Waals surface area contributed by atoms with E-state index in [0.29, 0.717) is 5.92 Å². The van der Waals surface area contributed by atoms with Crippen LogP contribution in [0, 0.1) is 3.57 Å². The van der Waals surface area contributed by atoms with E-state index in [1.54, 1.807) is 0 Å². The lowest BCUT2D eigenvalue weighted by atomic mass is 10.0. The molecule has 0 bridgehead atoms. The first-order valence-electron chi connectivity index (χ1n) is 6.15. The summed E-state index contributed by atoms with van der Waals surface area (Å²) in [5.74, 6) is 0.515. The number of aryl methyl sites for hydroxylation is 1. The second-order valence-electron chi connectivity index (χ2n) is 4.73. The molecule has 0 aromatic carbocycles. The van der Waals surface area contributed by atoms with Crippen LogP contribution in [-0.2, 0) is 6.42 Å². The van der Waals surface area contributed by atoms with Crippen LogP contribution in [0.4, 0.5) is 13.2 Å². The minimum absolute atomic E-state index is 0.199. The van der Waals surface area contributed by atoms with Gasteiger partial charge in [-0.05, 0) is 35.4 Å². The Morgan fingerprint density at radius 2 is 1.84 bits per heavy atom. The molecular formula is C12H13ClF3IN2. The predicted octanol–water partition coefficient (Wildman–Crippen LogP) is 4.89. The highest BCUT2D eigenvalue weighted by atomic mass is 127. The molecule has 1 aromatic heterocycles. The summed E-state index contributed by atoms with van der Waals surface area (Å²) in [6.07, 6.45) is -0.967. The first-order chi connectivity index (χ1) is 8.87. The molecule has 1 heterocycles. The lowest BCUT2D eigenvalue weighted by molar-refractivity contribution is -0.134. The lowest BCUT2D eigenvalue weighted by Gasteiger charge is -2.13. The maximum Gasteiger partial charge on any atom is 0.389 e. The van der Waals surface area contributed by atoms with E-state index in [2.05, 4.69) is 32.6 Å². The van der Waals surface area contributed by atoms with Gasteiger partial charge < -0.3 is 0 Å². The average molecular weight is 405 g/mol. The quantitative estimate of drug-likeness (QED) is 0.530. The van der Waals surface area contributed by atoms with Gasteiger partial charge in [0.05, 0.1) is 15.7 Å². The van der Waals surface area contributed by atoms with Gasteiger partial charge in [-0.2, -0.15) is 13.2 Å². The van der Waals surface area contributed by atoms with Crippen molar-refractivity contribution in [3.8, 4) is 0 Å². The topological polar surface area (TPSA) is 25.8 Å². The second-order valence-corrected chi connectivity index (χ2v) is 6.16. The maximum atomic E-state index is 12.2. The second kappa shape index (κ2) is 6.11. The summed E-state index contributed by atoms with van der Waals surface area (Å²) in [5, 5.41) is 0.273. The van der Waals surface area contributed by atoms with E-state index in [9.17, 15) is 13.2 Å². The van der Waals surface area contributed by atoms with E-state index in [1.807, 2.05) is 0 Å². The molecule has 1 aromatic rings. The summed E-state index contributed by atoms with van der Waals surface area (Å²) in [5.41, 5.74) is 0.829. The molecule has 0 radical (unpaired) electrons. The van der Waals surface area contributed by atoms with Crippen molar-refractivity contribution in [2.75, 3.05) is 0 Å². The Morgan fingerprint density at radius 1 is 1.21 bits per heavy atom. The van der Waals surface area contributed by atoms with Gasteiger partial charge >= 0.3 is 6.18 Å². The highest BCUT2D eigenvalue weighted by molar-refractivity contribution is 14.1. The number of hydrogen-bond acceptors (Lipinski definition) is 2. The van der Waals surface area contributed by atoms with E-state index in [4.69, 9.17) is 11.6 Å². The van der Waals surface area contributed by atoms with Crippen molar-refractivity contribution in [2.45, 2.75) is 50.6 Å². The highest BCUT2D eigenvalue weighted by Gasteiger charge is 2.28. The van der Waals surface area contributed by atoms with Crippen molar-refractivity contribution >= 4 is 34.2 Å². The first-order valence-corrected chi connectivity index (χ1v) is 7.61. The standard InChI is InChI=1S/C12H13ClF3IN2/c13-11-9(17)10(7-3-1-2-4-7)18-8(19-11)5-6-12(14,15)16/h7H,1-6H2. The third kappa shape index (κ3) is 4.18. The maximum absolute atomic E-state index is 12.2. The van der Waals surface area contributed by atoms with Crippen LogP contribution in [0.3, 0.4) is 0 Å². The van der Waals surface area contributed by atoms with E-state index < -0.39 is 12.6 Å². The van der Waals surface area contributed by atoms with Gasteiger partial charge in [-0.3, -0.25) is 0 Å². The molecule has 2 nitrogen and oxygen atoms in total. The zero-order valence-electron chi connectivity index (χ0n) is 10.1. The Balaban J connectivity index is 2.21. The predicted molar refractivity (Wildman–Crippen MR) is 75.3 cm³/mol. The average Bonchev–Trinajstić information content (AvgIpc) is 2.83. The van der Waals surface area contributed by atoms with Gasteiger partial charge in [0, 0.05) is 12.3 Å². The molecule has 19 heavy (non-hydrogen) atoms. The number of nitrogens with zero attached hydrogens (tertiary/aromatic N) is 2. The number of halogens is 5. The van der Waals surface area contributed by atoms with Crippen molar-refractivity contribution in [1.82, 2.24) is 9.97 Å². The molecule has 1 fully saturated rings. The molecule has 0 N–H and O–H groups in total. The summed E-state index contributed by atoms with van der Waals surface area (Å²) in [6, 6.07) is 0. The molecule has 1 aliphatic rings. The van der Waals surface area contributed by atoms with Crippen LogP contribution >= 0.6 is 34.2 Å². The van der Waals surface area contributed by atoms with Crippen molar-refractivity contribution < 1.29 is 13.2 Å². The van der Waals surface area contributed by atoms with E-state index >= 15 is 0 Å². The molecule has 0 amide bonds. The summed E-state index contributed by atoms with van der Waals surface area (Å²) in [4.78, 5) is 8.27. The monoisotopic (exact) mass is 404 g/mol. The summed E-state index contributed by atoms with van der Waals surface area (Å²) >= 11 is 8.08.